The number of nitrogens with zero attached hydrogens (tertiary/aromatic N) is 1. The zero-order valence-electron chi connectivity index (χ0n) is 12.2. The molecule has 1 aliphatic heterocycles. The van der Waals surface area contributed by atoms with Crippen molar-refractivity contribution in [1.29, 1.82) is 0 Å². The second-order valence-corrected chi connectivity index (χ2v) is 7.30. The number of benzene rings is 2. The van der Waals surface area contributed by atoms with Gasteiger partial charge in [-0.2, -0.15) is 0 Å². The highest BCUT2D eigenvalue weighted by atomic mass is 35.5. The minimum absolute atomic E-state index is 0.0778. The monoisotopic (exact) mass is 362 g/mol. The van der Waals surface area contributed by atoms with E-state index in [2.05, 4.69) is 9.88 Å². The predicted molar refractivity (Wildman–Crippen MR) is 88.5 cm³/mol. The van der Waals surface area contributed by atoms with E-state index in [0.29, 0.717) is 34.4 Å². The minimum atomic E-state index is -3.81. The fraction of sp³-hybridized carbons (Fsp3) is 0.0625. The highest BCUT2D eigenvalue weighted by Crippen LogP contribution is 2.39. The summed E-state index contributed by atoms with van der Waals surface area (Å²) in [6, 6.07) is 11.2. The van der Waals surface area contributed by atoms with Gasteiger partial charge in [0.1, 0.15) is 12.4 Å². The second-order valence-electron chi connectivity index (χ2n) is 5.21. The summed E-state index contributed by atoms with van der Waals surface area (Å²) in [6.45, 7) is 0.343. The van der Waals surface area contributed by atoms with Crippen LogP contribution in [-0.4, -0.2) is 13.6 Å². The molecule has 0 aliphatic carbocycles. The van der Waals surface area contributed by atoms with Crippen molar-refractivity contribution >= 4 is 27.3 Å². The van der Waals surface area contributed by atoms with Crippen LogP contribution in [0.2, 0.25) is 5.02 Å². The molecule has 2 heterocycles. The molecule has 2 aromatic carbocycles. The number of halogens is 1. The Morgan fingerprint density at radius 3 is 2.83 bits per heavy atom. The van der Waals surface area contributed by atoms with Gasteiger partial charge in [-0.05, 0) is 30.3 Å². The van der Waals surface area contributed by atoms with Gasteiger partial charge in [-0.25, -0.2) is 8.42 Å². The van der Waals surface area contributed by atoms with E-state index in [1.54, 1.807) is 36.5 Å². The van der Waals surface area contributed by atoms with E-state index >= 15 is 0 Å². The number of fused-ring (bicyclic) bond motifs is 3. The van der Waals surface area contributed by atoms with Crippen LogP contribution in [-0.2, 0) is 16.6 Å². The van der Waals surface area contributed by atoms with E-state index in [9.17, 15) is 8.42 Å². The van der Waals surface area contributed by atoms with Gasteiger partial charge in [-0.3, -0.25) is 4.72 Å². The molecule has 0 unspecified atom stereocenters. The van der Waals surface area contributed by atoms with Crippen molar-refractivity contribution in [1.82, 2.24) is 5.16 Å². The van der Waals surface area contributed by atoms with Gasteiger partial charge in [0, 0.05) is 0 Å². The molecule has 1 aliphatic rings. The molecular weight excluding hydrogens is 352 g/mol. The molecule has 6 nitrogen and oxygen atoms in total. The summed E-state index contributed by atoms with van der Waals surface area (Å²) in [4.78, 5) is 0.0778. The summed E-state index contributed by atoms with van der Waals surface area (Å²) >= 11 is 6.02. The number of hydrogen-bond acceptors (Lipinski definition) is 5. The number of nitrogens with one attached hydrogen (secondary N) is 1. The molecule has 1 N–H and O–H groups in total. The Morgan fingerprint density at radius 1 is 1.17 bits per heavy atom. The molecule has 8 heteroatoms. The van der Waals surface area contributed by atoms with Gasteiger partial charge in [0.05, 0.1) is 32.9 Å². The minimum Gasteiger partial charge on any atom is -0.488 e. The van der Waals surface area contributed by atoms with E-state index < -0.39 is 10.0 Å². The third-order valence-electron chi connectivity index (χ3n) is 3.65. The Morgan fingerprint density at radius 2 is 2.00 bits per heavy atom. The van der Waals surface area contributed by atoms with Crippen molar-refractivity contribution in [2.75, 3.05) is 4.72 Å². The van der Waals surface area contributed by atoms with E-state index in [-0.39, 0.29) is 4.90 Å². The molecule has 1 aromatic heterocycles. The molecular formula is C16H11ClN2O4S. The zero-order chi connectivity index (χ0) is 16.7. The summed E-state index contributed by atoms with van der Waals surface area (Å²) in [6.07, 6.45) is 1.56. The largest absolute Gasteiger partial charge is 0.488 e. The summed E-state index contributed by atoms with van der Waals surface area (Å²) in [5.41, 5.74) is 1.64. The van der Waals surface area contributed by atoms with Crippen LogP contribution in [0.15, 0.2) is 58.1 Å². The van der Waals surface area contributed by atoms with Crippen LogP contribution in [0.25, 0.3) is 11.3 Å². The first kappa shape index (κ1) is 15.0. The third kappa shape index (κ3) is 2.51. The molecule has 0 amide bonds. The maximum atomic E-state index is 12.6. The lowest BCUT2D eigenvalue weighted by molar-refractivity contribution is 0.297. The van der Waals surface area contributed by atoms with Gasteiger partial charge in [0.25, 0.3) is 10.0 Å². The van der Waals surface area contributed by atoms with Crippen molar-refractivity contribution in [3.8, 4) is 17.1 Å². The van der Waals surface area contributed by atoms with E-state index in [4.69, 9.17) is 20.9 Å². The molecule has 0 atom stereocenters. The van der Waals surface area contributed by atoms with Crippen LogP contribution in [0, 0.1) is 0 Å². The van der Waals surface area contributed by atoms with Crippen molar-refractivity contribution in [3.05, 3.63) is 59.2 Å². The quantitative estimate of drug-likeness (QED) is 0.768. The molecule has 0 spiro atoms. The number of para-hydroxylation sites is 1. The highest BCUT2D eigenvalue weighted by molar-refractivity contribution is 7.92. The smallest absolute Gasteiger partial charge is 0.261 e. The number of sulfonamides is 1. The van der Waals surface area contributed by atoms with Crippen LogP contribution in [0.1, 0.15) is 5.56 Å². The predicted octanol–water partition coefficient (Wildman–Crippen LogP) is 3.69. The lowest BCUT2D eigenvalue weighted by Crippen LogP contribution is -2.14. The van der Waals surface area contributed by atoms with E-state index in [1.807, 2.05) is 0 Å². The molecule has 4 rings (SSSR count). The van der Waals surface area contributed by atoms with Crippen molar-refractivity contribution < 1.29 is 17.7 Å². The SMILES string of the molecule is O=S(=O)(Nc1ccccc1Cl)c1ccc2c(c1)-c1oncc1CO2. The molecule has 0 saturated carbocycles. The average Bonchev–Trinajstić information content (AvgIpc) is 3.05. The van der Waals surface area contributed by atoms with Crippen LogP contribution in [0.4, 0.5) is 5.69 Å². The number of rotatable bonds is 3. The van der Waals surface area contributed by atoms with Crippen LogP contribution < -0.4 is 9.46 Å². The first-order valence-corrected chi connectivity index (χ1v) is 8.89. The zero-order valence-corrected chi connectivity index (χ0v) is 13.8. The lowest BCUT2D eigenvalue weighted by atomic mass is 10.1. The Balaban J connectivity index is 1.75. The molecule has 0 saturated heterocycles. The average molecular weight is 363 g/mol. The van der Waals surface area contributed by atoms with Crippen LogP contribution in [0.5, 0.6) is 5.75 Å². The lowest BCUT2D eigenvalue weighted by Gasteiger charge is -2.17. The first-order valence-electron chi connectivity index (χ1n) is 7.03. The Hall–Kier alpha value is -2.51. The van der Waals surface area contributed by atoms with Crippen molar-refractivity contribution in [3.63, 3.8) is 0 Å². The Labute approximate surface area is 143 Å². The van der Waals surface area contributed by atoms with E-state index in [1.165, 1.54) is 12.1 Å². The van der Waals surface area contributed by atoms with Gasteiger partial charge >= 0.3 is 0 Å². The standard InChI is InChI=1S/C16H11ClN2O4S/c17-13-3-1-2-4-14(13)19-24(20,21)11-5-6-15-12(7-11)16-10(9-22-15)8-18-23-16/h1-8,19H,9H2. The van der Waals surface area contributed by atoms with Gasteiger partial charge in [0.15, 0.2) is 5.76 Å². The van der Waals surface area contributed by atoms with Gasteiger partial charge < -0.3 is 9.26 Å². The van der Waals surface area contributed by atoms with Crippen LogP contribution in [0.3, 0.4) is 0 Å². The Kier molecular flexibility index (Phi) is 3.47. The fourth-order valence-electron chi connectivity index (χ4n) is 2.47. The number of hydrogen-bond donors (Lipinski definition) is 1. The third-order valence-corrected chi connectivity index (χ3v) is 5.34. The number of aromatic nitrogens is 1. The highest BCUT2D eigenvalue weighted by Gasteiger charge is 2.25. The van der Waals surface area contributed by atoms with Gasteiger partial charge in [0.2, 0.25) is 0 Å². The van der Waals surface area contributed by atoms with Crippen molar-refractivity contribution in [2.45, 2.75) is 11.5 Å². The van der Waals surface area contributed by atoms with Crippen molar-refractivity contribution in [2.24, 2.45) is 0 Å². The van der Waals surface area contributed by atoms with Crippen LogP contribution >= 0.6 is 11.6 Å². The molecule has 3 aromatic rings. The summed E-state index contributed by atoms with van der Waals surface area (Å²) < 4.78 is 38.5. The maximum absolute atomic E-state index is 12.6. The molecule has 0 radical (unpaired) electrons. The topological polar surface area (TPSA) is 81.4 Å². The fourth-order valence-corrected chi connectivity index (χ4v) is 3.81. The molecule has 24 heavy (non-hydrogen) atoms. The molecule has 0 fully saturated rings. The van der Waals surface area contributed by atoms with Gasteiger partial charge in [-0.1, -0.05) is 28.9 Å². The second kappa shape index (κ2) is 5.54. The summed E-state index contributed by atoms with van der Waals surface area (Å²) in [5.74, 6) is 1.07. The molecule has 0 bridgehead atoms. The number of anilines is 1. The summed E-state index contributed by atoms with van der Waals surface area (Å²) in [7, 11) is -3.81. The number of ether oxygens (including phenoxy) is 1. The van der Waals surface area contributed by atoms with Gasteiger partial charge in [-0.15, -0.1) is 0 Å². The summed E-state index contributed by atoms with van der Waals surface area (Å²) in [5, 5.41) is 4.06. The van der Waals surface area contributed by atoms with E-state index in [0.717, 1.165) is 5.56 Å². The molecule has 122 valence electrons. The Bertz CT molecular complexity index is 1030. The normalized spacial score (nSPS) is 12.9. The maximum Gasteiger partial charge on any atom is 0.261 e. The first-order chi connectivity index (χ1) is 11.5.